The van der Waals surface area contributed by atoms with Crippen molar-refractivity contribution in [1.29, 1.82) is 0 Å². The summed E-state index contributed by atoms with van der Waals surface area (Å²) < 4.78 is 1.63. The quantitative estimate of drug-likeness (QED) is 0.742. The molecule has 0 unspecified atom stereocenters. The van der Waals surface area contributed by atoms with Gasteiger partial charge in [0.1, 0.15) is 5.69 Å². The number of hydrogen-bond donors (Lipinski definition) is 0. The van der Waals surface area contributed by atoms with E-state index < -0.39 is 0 Å². The van der Waals surface area contributed by atoms with Gasteiger partial charge in [-0.2, -0.15) is 5.10 Å². The van der Waals surface area contributed by atoms with Gasteiger partial charge in [-0.1, -0.05) is 50.0 Å². The van der Waals surface area contributed by atoms with Crippen molar-refractivity contribution in [2.45, 2.75) is 26.2 Å². The molecule has 0 atom stereocenters. The Labute approximate surface area is 175 Å². The van der Waals surface area contributed by atoms with Crippen molar-refractivity contribution in [2.75, 3.05) is 26.2 Å². The second-order valence-corrected chi connectivity index (χ2v) is 8.76. The van der Waals surface area contributed by atoms with Crippen LogP contribution in [0.15, 0.2) is 24.3 Å². The summed E-state index contributed by atoms with van der Waals surface area (Å²) in [7, 11) is 1.78. The number of carbonyl (C=O) groups is 2. The van der Waals surface area contributed by atoms with Gasteiger partial charge >= 0.3 is 0 Å². The van der Waals surface area contributed by atoms with Gasteiger partial charge in [0.05, 0.1) is 21.3 Å². The predicted molar refractivity (Wildman–Crippen MR) is 110 cm³/mol. The van der Waals surface area contributed by atoms with Crippen LogP contribution >= 0.6 is 23.2 Å². The highest BCUT2D eigenvalue weighted by molar-refractivity contribution is 6.43. The average Bonchev–Trinajstić information content (AvgIpc) is 3.05. The molecule has 0 N–H and O–H groups in total. The third-order valence-electron chi connectivity index (χ3n) is 4.90. The maximum absolute atomic E-state index is 12.9. The number of carbonyl (C=O) groups excluding carboxylic acids is 2. The highest BCUT2D eigenvalue weighted by atomic mass is 35.5. The molecule has 1 aliphatic rings. The number of halogens is 2. The summed E-state index contributed by atoms with van der Waals surface area (Å²) >= 11 is 12.2. The van der Waals surface area contributed by atoms with E-state index in [1.54, 1.807) is 39.7 Å². The zero-order valence-corrected chi connectivity index (χ0v) is 18.0. The van der Waals surface area contributed by atoms with Gasteiger partial charge in [0.2, 0.25) is 0 Å². The summed E-state index contributed by atoms with van der Waals surface area (Å²) in [5.41, 5.74) is 1.69. The molecule has 0 saturated carbocycles. The van der Waals surface area contributed by atoms with E-state index in [1.165, 1.54) is 0 Å². The number of aryl methyl sites for hydroxylation is 1. The van der Waals surface area contributed by atoms with Crippen LogP contribution in [0.5, 0.6) is 0 Å². The zero-order chi connectivity index (χ0) is 20.6. The number of hydrogen-bond acceptors (Lipinski definition) is 3. The van der Waals surface area contributed by atoms with Gasteiger partial charge in [-0.15, -0.1) is 0 Å². The topological polar surface area (TPSA) is 58.4 Å². The number of rotatable bonds is 2. The summed E-state index contributed by atoms with van der Waals surface area (Å²) in [5.74, 6) is -0.242. The minimum absolute atomic E-state index is 0.0709. The van der Waals surface area contributed by atoms with Crippen LogP contribution in [0, 0.1) is 0 Å². The minimum atomic E-state index is -0.171. The number of nitrogens with zero attached hydrogens (tertiary/aromatic N) is 4. The van der Waals surface area contributed by atoms with Gasteiger partial charge in [-0.25, -0.2) is 0 Å². The smallest absolute Gasteiger partial charge is 0.272 e. The molecule has 2 heterocycles. The van der Waals surface area contributed by atoms with Crippen molar-refractivity contribution in [3.05, 3.63) is 51.3 Å². The van der Waals surface area contributed by atoms with E-state index in [2.05, 4.69) is 25.9 Å². The molecule has 1 aliphatic heterocycles. The van der Waals surface area contributed by atoms with Crippen molar-refractivity contribution < 1.29 is 9.59 Å². The van der Waals surface area contributed by atoms with Crippen LogP contribution in [0.1, 0.15) is 47.3 Å². The number of piperazine rings is 1. The Kier molecular flexibility index (Phi) is 5.73. The van der Waals surface area contributed by atoms with Gasteiger partial charge in [0.15, 0.2) is 0 Å². The lowest BCUT2D eigenvalue weighted by Gasteiger charge is -2.34. The van der Waals surface area contributed by atoms with Crippen molar-refractivity contribution in [1.82, 2.24) is 19.6 Å². The van der Waals surface area contributed by atoms with E-state index in [0.29, 0.717) is 42.5 Å². The summed E-state index contributed by atoms with van der Waals surface area (Å²) in [6.45, 7) is 7.99. The van der Waals surface area contributed by atoms with Crippen LogP contribution in [0.3, 0.4) is 0 Å². The third kappa shape index (κ3) is 4.03. The van der Waals surface area contributed by atoms with Crippen molar-refractivity contribution >= 4 is 35.0 Å². The van der Waals surface area contributed by atoms with E-state index in [0.717, 1.165) is 5.69 Å². The van der Waals surface area contributed by atoms with Gasteiger partial charge in [0, 0.05) is 38.6 Å². The largest absolute Gasteiger partial charge is 0.335 e. The SMILES string of the molecule is Cn1nc(C(C)(C)C)cc1C(=O)N1CCN(C(=O)c2cccc(Cl)c2Cl)CC1. The summed E-state index contributed by atoms with van der Waals surface area (Å²) in [5, 5.41) is 5.09. The molecule has 150 valence electrons. The Bertz CT molecular complexity index is 909. The molecular formula is C20H24Cl2N4O2. The molecule has 1 fully saturated rings. The van der Waals surface area contributed by atoms with Crippen LogP contribution in [0.4, 0.5) is 0 Å². The first-order valence-electron chi connectivity index (χ1n) is 9.16. The first kappa shape index (κ1) is 20.7. The molecule has 8 heteroatoms. The second kappa shape index (κ2) is 7.76. The Balaban J connectivity index is 1.68. The van der Waals surface area contributed by atoms with E-state index in [4.69, 9.17) is 23.2 Å². The molecule has 1 aromatic heterocycles. The van der Waals surface area contributed by atoms with E-state index in [1.807, 2.05) is 6.07 Å². The second-order valence-electron chi connectivity index (χ2n) is 7.97. The number of amides is 2. The van der Waals surface area contributed by atoms with Crippen LogP contribution in [-0.4, -0.2) is 57.6 Å². The van der Waals surface area contributed by atoms with Crippen LogP contribution < -0.4 is 0 Å². The highest BCUT2D eigenvalue weighted by Crippen LogP contribution is 2.27. The Morgan fingerprint density at radius 2 is 1.57 bits per heavy atom. The molecule has 2 aromatic rings. The summed E-state index contributed by atoms with van der Waals surface area (Å²) in [6.07, 6.45) is 0. The predicted octanol–water partition coefficient (Wildman–Crippen LogP) is 3.62. The van der Waals surface area contributed by atoms with E-state index in [9.17, 15) is 9.59 Å². The molecule has 2 amide bonds. The van der Waals surface area contributed by atoms with Crippen molar-refractivity contribution in [3.8, 4) is 0 Å². The molecule has 1 aromatic carbocycles. The summed E-state index contributed by atoms with van der Waals surface area (Å²) in [6, 6.07) is 6.87. The molecular weight excluding hydrogens is 399 g/mol. The normalized spacial score (nSPS) is 15.1. The van der Waals surface area contributed by atoms with E-state index >= 15 is 0 Å². The Morgan fingerprint density at radius 1 is 1.00 bits per heavy atom. The lowest BCUT2D eigenvalue weighted by molar-refractivity contribution is 0.0529. The standard InChI is InChI=1S/C20H24Cl2N4O2/c1-20(2,3)16-12-15(24(4)23-16)19(28)26-10-8-25(9-11-26)18(27)13-6-5-7-14(21)17(13)22/h5-7,12H,8-11H2,1-4H3. The van der Waals surface area contributed by atoms with Gasteiger partial charge in [0.25, 0.3) is 11.8 Å². The first-order valence-corrected chi connectivity index (χ1v) is 9.92. The lowest BCUT2D eigenvalue weighted by Crippen LogP contribution is -2.50. The van der Waals surface area contributed by atoms with E-state index in [-0.39, 0.29) is 22.3 Å². The van der Waals surface area contributed by atoms with Crippen molar-refractivity contribution in [2.24, 2.45) is 7.05 Å². The van der Waals surface area contributed by atoms with Crippen LogP contribution in [0.2, 0.25) is 10.0 Å². The lowest BCUT2D eigenvalue weighted by atomic mass is 9.92. The molecule has 28 heavy (non-hydrogen) atoms. The molecule has 0 bridgehead atoms. The Morgan fingerprint density at radius 3 is 2.11 bits per heavy atom. The molecule has 0 spiro atoms. The minimum Gasteiger partial charge on any atom is -0.335 e. The van der Waals surface area contributed by atoms with Crippen molar-refractivity contribution in [3.63, 3.8) is 0 Å². The van der Waals surface area contributed by atoms with Crippen LogP contribution in [0.25, 0.3) is 0 Å². The summed E-state index contributed by atoms with van der Waals surface area (Å²) in [4.78, 5) is 29.1. The van der Waals surface area contributed by atoms with Gasteiger partial charge in [-0.05, 0) is 18.2 Å². The maximum Gasteiger partial charge on any atom is 0.272 e. The fourth-order valence-corrected chi connectivity index (χ4v) is 3.53. The third-order valence-corrected chi connectivity index (χ3v) is 5.72. The number of aromatic nitrogens is 2. The molecule has 1 saturated heterocycles. The molecule has 6 nitrogen and oxygen atoms in total. The maximum atomic E-state index is 12.9. The highest BCUT2D eigenvalue weighted by Gasteiger charge is 2.29. The molecule has 0 radical (unpaired) electrons. The van der Waals surface area contributed by atoms with Gasteiger partial charge < -0.3 is 9.80 Å². The Hall–Kier alpha value is -2.05. The monoisotopic (exact) mass is 422 g/mol. The average molecular weight is 423 g/mol. The fraction of sp³-hybridized carbons (Fsp3) is 0.450. The van der Waals surface area contributed by atoms with Gasteiger partial charge in [-0.3, -0.25) is 14.3 Å². The number of benzene rings is 1. The molecule has 0 aliphatic carbocycles. The zero-order valence-electron chi connectivity index (χ0n) is 16.5. The van der Waals surface area contributed by atoms with Crippen LogP contribution in [-0.2, 0) is 12.5 Å². The first-order chi connectivity index (χ1) is 13.1. The molecule has 3 rings (SSSR count). The fourth-order valence-electron chi connectivity index (χ4n) is 3.15.